The summed E-state index contributed by atoms with van der Waals surface area (Å²) in [4.78, 5) is 17.4. The molecule has 0 bridgehead atoms. The summed E-state index contributed by atoms with van der Waals surface area (Å²) >= 11 is 0. The number of pyridine rings is 1. The largest absolute Gasteiger partial charge is 0.370 e. The van der Waals surface area contributed by atoms with Crippen LogP contribution in [0, 0.1) is 5.92 Å². The molecule has 1 aliphatic rings. The van der Waals surface area contributed by atoms with Crippen molar-refractivity contribution in [2.75, 3.05) is 18.0 Å². The fourth-order valence-electron chi connectivity index (χ4n) is 4.12. The van der Waals surface area contributed by atoms with Gasteiger partial charge in [-0.2, -0.15) is 0 Å². The molecule has 0 saturated carbocycles. The first kappa shape index (κ1) is 20.3. The van der Waals surface area contributed by atoms with Gasteiger partial charge < -0.3 is 10.6 Å². The molecular formula is C23H26N3O3S+. The van der Waals surface area contributed by atoms with Gasteiger partial charge in [0.1, 0.15) is 0 Å². The van der Waals surface area contributed by atoms with Crippen LogP contribution in [0.3, 0.4) is 0 Å². The summed E-state index contributed by atoms with van der Waals surface area (Å²) in [7, 11) is -3.72. The van der Waals surface area contributed by atoms with E-state index in [1.807, 2.05) is 12.1 Å². The molecule has 0 radical (unpaired) electrons. The topological polar surface area (TPSA) is 94.6 Å². The number of aromatic amines is 1. The Balaban J connectivity index is 1.90. The summed E-state index contributed by atoms with van der Waals surface area (Å²) in [6.07, 6.45) is 3.68. The maximum absolute atomic E-state index is 13.5. The molecule has 0 unspecified atom stereocenters. The molecule has 2 heterocycles. The van der Waals surface area contributed by atoms with Gasteiger partial charge >= 0.3 is 0 Å². The number of H-pyrrole nitrogens is 1. The number of amides is 1. The number of anilines is 1. The van der Waals surface area contributed by atoms with E-state index >= 15 is 0 Å². The first-order chi connectivity index (χ1) is 14.4. The van der Waals surface area contributed by atoms with Crippen molar-refractivity contribution >= 4 is 32.3 Å². The lowest BCUT2D eigenvalue weighted by Crippen LogP contribution is -2.39. The first-order valence-corrected chi connectivity index (χ1v) is 11.7. The summed E-state index contributed by atoms with van der Waals surface area (Å²) < 4.78 is 27.1. The number of nitrogens with one attached hydrogen (secondary N) is 1. The number of primary amides is 1. The molecule has 2 aromatic carbocycles. The molecule has 156 valence electrons. The van der Waals surface area contributed by atoms with E-state index in [0.717, 1.165) is 22.9 Å². The smallest absolute Gasteiger partial charge is 0.220 e. The highest BCUT2D eigenvalue weighted by atomic mass is 32.2. The molecule has 0 atom stereocenters. The number of piperidine rings is 1. The predicted octanol–water partition coefficient (Wildman–Crippen LogP) is 2.75. The Kier molecular flexibility index (Phi) is 5.47. The van der Waals surface area contributed by atoms with E-state index < -0.39 is 9.84 Å². The van der Waals surface area contributed by atoms with Gasteiger partial charge in [0, 0.05) is 25.1 Å². The number of nitrogens with zero attached hydrogens (tertiary/aromatic N) is 1. The van der Waals surface area contributed by atoms with Gasteiger partial charge in [0.2, 0.25) is 21.3 Å². The fraction of sp³-hybridized carbons (Fsp3) is 0.304. The molecule has 1 amide bonds. The van der Waals surface area contributed by atoms with Crippen molar-refractivity contribution < 1.29 is 18.2 Å². The quantitative estimate of drug-likeness (QED) is 0.681. The van der Waals surface area contributed by atoms with Crippen molar-refractivity contribution in [3.8, 4) is 0 Å². The van der Waals surface area contributed by atoms with Gasteiger partial charge in [-0.3, -0.25) is 4.79 Å². The van der Waals surface area contributed by atoms with Crippen LogP contribution in [0.25, 0.3) is 10.9 Å². The number of aryl methyl sites for hydroxylation is 1. The van der Waals surface area contributed by atoms with E-state index in [1.54, 1.807) is 36.5 Å². The van der Waals surface area contributed by atoms with Crippen molar-refractivity contribution in [2.24, 2.45) is 11.7 Å². The minimum atomic E-state index is -3.72. The van der Waals surface area contributed by atoms with Gasteiger partial charge in [-0.15, -0.1) is 0 Å². The van der Waals surface area contributed by atoms with Crippen LogP contribution in [0.2, 0.25) is 0 Å². The standard InChI is InChI=1S/C23H25N3O3S/c1-2-16-8-9-20-19(14-16)22(26-12-10-17(11-13-26)23(24)27)21(15-25-20)30(28,29)18-6-4-3-5-7-18/h3-9,14-15,17H,2,10-13H2,1H3,(H2,24,27)/p+1. The Hall–Kier alpha value is -2.93. The molecule has 1 aliphatic heterocycles. The first-order valence-electron chi connectivity index (χ1n) is 10.2. The van der Waals surface area contributed by atoms with Gasteiger partial charge in [-0.05, 0) is 43.0 Å². The normalized spacial score (nSPS) is 15.4. The van der Waals surface area contributed by atoms with Gasteiger partial charge in [-0.1, -0.05) is 31.2 Å². The lowest BCUT2D eigenvalue weighted by Gasteiger charge is -2.33. The van der Waals surface area contributed by atoms with Gasteiger partial charge in [0.05, 0.1) is 16.0 Å². The van der Waals surface area contributed by atoms with E-state index in [1.165, 1.54) is 0 Å². The van der Waals surface area contributed by atoms with Crippen LogP contribution in [-0.4, -0.2) is 27.4 Å². The van der Waals surface area contributed by atoms with Crippen LogP contribution in [-0.2, 0) is 21.1 Å². The van der Waals surface area contributed by atoms with E-state index in [0.29, 0.717) is 31.6 Å². The molecule has 30 heavy (non-hydrogen) atoms. The minimum Gasteiger partial charge on any atom is -0.370 e. The number of hydrogen-bond acceptors (Lipinski definition) is 4. The number of nitrogens with two attached hydrogens (primary N) is 1. The summed E-state index contributed by atoms with van der Waals surface area (Å²) in [5.41, 5.74) is 8.21. The monoisotopic (exact) mass is 424 g/mol. The Morgan fingerprint density at radius 3 is 2.47 bits per heavy atom. The molecule has 6 nitrogen and oxygen atoms in total. The Bertz CT molecular complexity index is 1190. The summed E-state index contributed by atoms with van der Waals surface area (Å²) in [5, 5.41) is 0.879. The van der Waals surface area contributed by atoms with Crippen molar-refractivity contribution in [3.63, 3.8) is 0 Å². The Morgan fingerprint density at radius 1 is 1.13 bits per heavy atom. The summed E-state index contributed by atoms with van der Waals surface area (Å²) in [5.74, 6) is -0.450. The van der Waals surface area contributed by atoms with Crippen LogP contribution in [0.5, 0.6) is 0 Å². The highest BCUT2D eigenvalue weighted by Crippen LogP contribution is 2.37. The molecule has 3 N–H and O–H groups in total. The van der Waals surface area contributed by atoms with Crippen LogP contribution in [0.15, 0.2) is 64.5 Å². The number of carbonyl (C=O) groups excluding carboxylic acids is 1. The van der Waals surface area contributed by atoms with E-state index in [4.69, 9.17) is 5.73 Å². The van der Waals surface area contributed by atoms with Crippen molar-refractivity contribution in [3.05, 3.63) is 60.3 Å². The molecule has 7 heteroatoms. The molecule has 1 aromatic heterocycles. The van der Waals surface area contributed by atoms with E-state index in [-0.39, 0.29) is 21.6 Å². The number of sulfone groups is 1. The second-order valence-corrected chi connectivity index (χ2v) is 9.63. The minimum absolute atomic E-state index is 0.164. The summed E-state index contributed by atoms with van der Waals surface area (Å²) in [6, 6.07) is 14.6. The van der Waals surface area contributed by atoms with Crippen LogP contribution < -0.4 is 15.6 Å². The highest BCUT2D eigenvalue weighted by Gasteiger charge is 2.32. The molecule has 4 rings (SSSR count). The lowest BCUT2D eigenvalue weighted by atomic mass is 9.95. The maximum atomic E-state index is 13.5. The predicted molar refractivity (Wildman–Crippen MR) is 116 cm³/mol. The van der Waals surface area contributed by atoms with Crippen molar-refractivity contribution in [1.29, 1.82) is 0 Å². The highest BCUT2D eigenvalue weighted by molar-refractivity contribution is 7.91. The summed E-state index contributed by atoms with van der Waals surface area (Å²) in [6.45, 7) is 3.24. The maximum Gasteiger partial charge on any atom is 0.220 e. The molecular weight excluding hydrogens is 398 g/mol. The zero-order valence-electron chi connectivity index (χ0n) is 17.0. The lowest BCUT2D eigenvalue weighted by molar-refractivity contribution is -0.347. The number of benzene rings is 2. The van der Waals surface area contributed by atoms with Crippen molar-refractivity contribution in [1.82, 2.24) is 0 Å². The SMILES string of the molecule is CCc1ccc2[nH+]cc(S(=O)(=O)c3ccccc3)c(N3CCC(C(N)=O)CC3)c2c1. The molecule has 3 aromatic rings. The third-order valence-electron chi connectivity index (χ3n) is 5.90. The molecule has 0 spiro atoms. The Labute approximate surface area is 176 Å². The molecule has 1 saturated heterocycles. The third-order valence-corrected chi connectivity index (χ3v) is 7.68. The zero-order valence-corrected chi connectivity index (χ0v) is 17.8. The van der Waals surface area contributed by atoms with Crippen LogP contribution in [0.4, 0.5) is 5.69 Å². The second kappa shape index (κ2) is 8.07. The molecule has 0 aliphatic carbocycles. The van der Waals surface area contributed by atoms with Gasteiger partial charge in [0.15, 0.2) is 11.1 Å². The average molecular weight is 425 g/mol. The molecule has 1 fully saturated rings. The van der Waals surface area contributed by atoms with Crippen LogP contribution in [0.1, 0.15) is 25.3 Å². The van der Waals surface area contributed by atoms with Gasteiger partial charge in [-0.25, -0.2) is 13.4 Å². The fourth-order valence-corrected chi connectivity index (χ4v) is 5.60. The third kappa shape index (κ3) is 3.65. The van der Waals surface area contributed by atoms with Gasteiger partial charge in [0.25, 0.3) is 0 Å². The Morgan fingerprint density at radius 2 is 1.83 bits per heavy atom. The van der Waals surface area contributed by atoms with Crippen molar-refractivity contribution in [2.45, 2.75) is 36.0 Å². The average Bonchev–Trinajstić information content (AvgIpc) is 2.78. The number of rotatable bonds is 5. The van der Waals surface area contributed by atoms with E-state index in [2.05, 4.69) is 22.9 Å². The number of carbonyl (C=O) groups is 1. The van der Waals surface area contributed by atoms with E-state index in [9.17, 15) is 13.2 Å². The van der Waals surface area contributed by atoms with Crippen LogP contribution >= 0.6 is 0 Å². The number of hydrogen-bond donors (Lipinski definition) is 1. The zero-order chi connectivity index (χ0) is 21.3. The second-order valence-electron chi connectivity index (χ2n) is 7.72. The number of aromatic nitrogens is 1. The number of fused-ring (bicyclic) bond motifs is 1.